The second-order valence-electron chi connectivity index (χ2n) is 5.58. The van der Waals surface area contributed by atoms with Crippen molar-refractivity contribution in [1.29, 1.82) is 0 Å². The van der Waals surface area contributed by atoms with E-state index in [0.29, 0.717) is 29.4 Å². The third-order valence-electron chi connectivity index (χ3n) is 3.70. The Morgan fingerprint density at radius 2 is 1.85 bits per heavy atom. The molecular weight excluding hydrogens is 346 g/mol. The SMILES string of the molecule is CCNC(=O)COc1ccc(/C=C/C(=O)c2cccc(OC)c2)cc1OC. The van der Waals surface area contributed by atoms with Gasteiger partial charge in [0, 0.05) is 12.1 Å². The molecular formula is C21H23NO5. The topological polar surface area (TPSA) is 73.9 Å². The number of allylic oxidation sites excluding steroid dienone is 1. The molecule has 0 atom stereocenters. The van der Waals surface area contributed by atoms with Crippen LogP contribution in [0.25, 0.3) is 6.08 Å². The van der Waals surface area contributed by atoms with E-state index in [2.05, 4.69) is 5.32 Å². The van der Waals surface area contributed by atoms with E-state index in [1.54, 1.807) is 55.7 Å². The van der Waals surface area contributed by atoms with Gasteiger partial charge in [0.25, 0.3) is 5.91 Å². The highest BCUT2D eigenvalue weighted by atomic mass is 16.5. The molecule has 2 aromatic rings. The maximum absolute atomic E-state index is 12.3. The van der Waals surface area contributed by atoms with Crippen LogP contribution < -0.4 is 19.5 Å². The summed E-state index contributed by atoms with van der Waals surface area (Å²) in [6, 6.07) is 12.2. The summed E-state index contributed by atoms with van der Waals surface area (Å²) in [4.78, 5) is 23.8. The van der Waals surface area contributed by atoms with Crippen molar-refractivity contribution in [3.05, 3.63) is 59.7 Å². The number of hydrogen-bond donors (Lipinski definition) is 1. The van der Waals surface area contributed by atoms with E-state index in [1.165, 1.54) is 13.2 Å². The van der Waals surface area contributed by atoms with Gasteiger partial charge < -0.3 is 19.5 Å². The number of nitrogens with one attached hydrogen (secondary N) is 1. The average molecular weight is 369 g/mol. The van der Waals surface area contributed by atoms with E-state index in [9.17, 15) is 9.59 Å². The van der Waals surface area contributed by atoms with E-state index in [-0.39, 0.29) is 18.3 Å². The van der Waals surface area contributed by atoms with Gasteiger partial charge in [-0.15, -0.1) is 0 Å². The van der Waals surface area contributed by atoms with Gasteiger partial charge in [-0.3, -0.25) is 9.59 Å². The molecule has 27 heavy (non-hydrogen) atoms. The number of methoxy groups -OCH3 is 2. The Balaban J connectivity index is 2.08. The molecule has 0 radical (unpaired) electrons. The fourth-order valence-corrected chi connectivity index (χ4v) is 2.34. The zero-order valence-corrected chi connectivity index (χ0v) is 15.7. The van der Waals surface area contributed by atoms with Crippen LogP contribution in [0.5, 0.6) is 17.2 Å². The Morgan fingerprint density at radius 3 is 2.56 bits per heavy atom. The molecule has 0 bridgehead atoms. The summed E-state index contributed by atoms with van der Waals surface area (Å²) in [6.07, 6.45) is 3.18. The quantitative estimate of drug-likeness (QED) is 0.543. The zero-order valence-electron chi connectivity index (χ0n) is 15.7. The van der Waals surface area contributed by atoms with Crippen LogP contribution in [0.2, 0.25) is 0 Å². The number of benzene rings is 2. The Hall–Kier alpha value is -3.28. The van der Waals surface area contributed by atoms with Crippen LogP contribution in [-0.4, -0.2) is 39.1 Å². The summed E-state index contributed by atoms with van der Waals surface area (Å²) < 4.78 is 15.9. The average Bonchev–Trinajstić information content (AvgIpc) is 2.70. The Kier molecular flexibility index (Phi) is 7.43. The molecule has 0 aliphatic heterocycles. The number of ether oxygens (including phenoxy) is 3. The number of carbonyl (C=O) groups excluding carboxylic acids is 2. The maximum Gasteiger partial charge on any atom is 0.257 e. The van der Waals surface area contributed by atoms with Gasteiger partial charge in [0.15, 0.2) is 23.9 Å². The van der Waals surface area contributed by atoms with Crippen molar-refractivity contribution in [2.24, 2.45) is 0 Å². The van der Waals surface area contributed by atoms with Crippen molar-refractivity contribution in [3.63, 3.8) is 0 Å². The summed E-state index contributed by atoms with van der Waals surface area (Å²) in [5, 5.41) is 2.66. The minimum Gasteiger partial charge on any atom is -0.497 e. The largest absolute Gasteiger partial charge is 0.497 e. The third kappa shape index (κ3) is 5.88. The van der Waals surface area contributed by atoms with Crippen LogP contribution in [0.15, 0.2) is 48.5 Å². The maximum atomic E-state index is 12.3. The van der Waals surface area contributed by atoms with Crippen LogP contribution in [0.3, 0.4) is 0 Å². The van der Waals surface area contributed by atoms with Gasteiger partial charge in [-0.05, 0) is 42.8 Å². The van der Waals surface area contributed by atoms with E-state index < -0.39 is 0 Å². The molecule has 0 aromatic heterocycles. The van der Waals surface area contributed by atoms with Gasteiger partial charge in [0.2, 0.25) is 0 Å². The van der Waals surface area contributed by atoms with Gasteiger partial charge in [0.05, 0.1) is 14.2 Å². The molecule has 0 spiro atoms. The van der Waals surface area contributed by atoms with E-state index >= 15 is 0 Å². The Labute approximate surface area is 158 Å². The fourth-order valence-electron chi connectivity index (χ4n) is 2.34. The molecule has 6 heteroatoms. The first-order chi connectivity index (χ1) is 13.1. The molecule has 1 N–H and O–H groups in total. The van der Waals surface area contributed by atoms with Crippen molar-refractivity contribution in [3.8, 4) is 17.2 Å². The van der Waals surface area contributed by atoms with Crippen molar-refractivity contribution in [1.82, 2.24) is 5.32 Å². The lowest BCUT2D eigenvalue weighted by Crippen LogP contribution is -2.28. The molecule has 0 unspecified atom stereocenters. The molecule has 0 heterocycles. The number of carbonyl (C=O) groups is 2. The van der Waals surface area contributed by atoms with Gasteiger partial charge in [-0.1, -0.05) is 24.3 Å². The van der Waals surface area contributed by atoms with Crippen molar-refractivity contribution < 1.29 is 23.8 Å². The highest BCUT2D eigenvalue weighted by Crippen LogP contribution is 2.28. The first-order valence-electron chi connectivity index (χ1n) is 8.51. The minimum absolute atomic E-state index is 0.0896. The summed E-state index contributed by atoms with van der Waals surface area (Å²) >= 11 is 0. The van der Waals surface area contributed by atoms with Gasteiger partial charge in [0.1, 0.15) is 5.75 Å². The zero-order chi connectivity index (χ0) is 19.6. The van der Waals surface area contributed by atoms with Crippen LogP contribution in [-0.2, 0) is 4.79 Å². The molecule has 142 valence electrons. The third-order valence-corrected chi connectivity index (χ3v) is 3.70. The highest BCUT2D eigenvalue weighted by Gasteiger charge is 2.08. The van der Waals surface area contributed by atoms with E-state index in [4.69, 9.17) is 14.2 Å². The number of rotatable bonds is 9. The molecule has 0 saturated carbocycles. The van der Waals surface area contributed by atoms with Crippen LogP contribution in [0.1, 0.15) is 22.8 Å². The van der Waals surface area contributed by atoms with Crippen LogP contribution in [0, 0.1) is 0 Å². The second kappa shape index (κ2) is 10.0. The highest BCUT2D eigenvalue weighted by molar-refractivity contribution is 6.07. The van der Waals surface area contributed by atoms with Gasteiger partial charge in [-0.25, -0.2) is 0 Å². The number of amides is 1. The fraction of sp³-hybridized carbons (Fsp3) is 0.238. The number of ketones is 1. The predicted octanol–water partition coefficient (Wildman–Crippen LogP) is 3.11. The predicted molar refractivity (Wildman–Crippen MR) is 104 cm³/mol. The minimum atomic E-state index is -0.201. The molecule has 1 amide bonds. The lowest BCUT2D eigenvalue weighted by atomic mass is 10.1. The van der Waals surface area contributed by atoms with Crippen molar-refractivity contribution in [2.75, 3.05) is 27.4 Å². The summed E-state index contributed by atoms with van der Waals surface area (Å²) in [6.45, 7) is 2.30. The molecule has 0 saturated heterocycles. The lowest BCUT2D eigenvalue weighted by Gasteiger charge is -2.11. The number of hydrogen-bond acceptors (Lipinski definition) is 5. The second-order valence-corrected chi connectivity index (χ2v) is 5.58. The Bertz CT molecular complexity index is 829. The summed E-state index contributed by atoms with van der Waals surface area (Å²) in [5.41, 5.74) is 1.31. The normalized spacial score (nSPS) is 10.5. The monoisotopic (exact) mass is 369 g/mol. The van der Waals surface area contributed by atoms with Crippen LogP contribution >= 0.6 is 0 Å². The smallest absolute Gasteiger partial charge is 0.257 e. The molecule has 0 aliphatic rings. The van der Waals surface area contributed by atoms with Crippen LogP contribution in [0.4, 0.5) is 0 Å². The Morgan fingerprint density at radius 1 is 1.04 bits per heavy atom. The molecule has 2 rings (SSSR count). The molecule has 2 aromatic carbocycles. The molecule has 6 nitrogen and oxygen atoms in total. The molecule has 0 aliphatic carbocycles. The number of likely N-dealkylation sites (N-methyl/N-ethyl adjacent to an activating group) is 1. The standard InChI is InChI=1S/C21H23NO5/c1-4-22-21(24)14-27-19-11-9-15(12-20(19)26-3)8-10-18(23)16-6-5-7-17(13-16)25-2/h5-13H,4,14H2,1-3H3,(H,22,24)/b10-8+. The molecule has 0 fully saturated rings. The van der Waals surface area contributed by atoms with Crippen molar-refractivity contribution >= 4 is 17.8 Å². The lowest BCUT2D eigenvalue weighted by molar-refractivity contribution is -0.123. The van der Waals surface area contributed by atoms with Crippen molar-refractivity contribution in [2.45, 2.75) is 6.92 Å². The first kappa shape index (κ1) is 20.0. The van der Waals surface area contributed by atoms with Gasteiger partial charge in [-0.2, -0.15) is 0 Å². The van der Waals surface area contributed by atoms with Gasteiger partial charge >= 0.3 is 0 Å². The van der Waals surface area contributed by atoms with E-state index in [0.717, 1.165) is 5.56 Å². The summed E-state index contributed by atoms with van der Waals surface area (Å²) in [5.74, 6) is 1.23. The van der Waals surface area contributed by atoms with E-state index in [1.807, 2.05) is 6.92 Å². The first-order valence-corrected chi connectivity index (χ1v) is 8.51. The summed E-state index contributed by atoms with van der Waals surface area (Å²) in [7, 11) is 3.07.